The molecule has 1 heterocycles. The van der Waals surface area contributed by atoms with Gasteiger partial charge in [-0.25, -0.2) is 4.39 Å². The van der Waals surface area contributed by atoms with E-state index in [0.717, 1.165) is 6.07 Å². The van der Waals surface area contributed by atoms with E-state index in [4.69, 9.17) is 34.0 Å². The molecular weight excluding hydrogens is 362 g/mol. The number of carbonyl (C=O) groups is 1. The smallest absolute Gasteiger partial charge is 0.253 e. The lowest BCUT2D eigenvalue weighted by Crippen LogP contribution is -2.46. The van der Waals surface area contributed by atoms with E-state index in [1.54, 1.807) is 0 Å². The first-order valence-corrected chi connectivity index (χ1v) is 8.23. The molecular formula is C15H19Cl2FN2O4. The highest BCUT2D eigenvalue weighted by molar-refractivity contribution is 6.42. The van der Waals surface area contributed by atoms with Crippen LogP contribution in [-0.4, -0.2) is 51.9 Å². The maximum atomic E-state index is 14.3. The summed E-state index contributed by atoms with van der Waals surface area (Å²) in [5.41, 5.74) is 6.01. The Morgan fingerprint density at radius 1 is 1.42 bits per heavy atom. The molecule has 1 amide bonds. The number of piperidine rings is 1. The summed E-state index contributed by atoms with van der Waals surface area (Å²) < 4.78 is 14.3. The molecule has 0 spiro atoms. The van der Waals surface area contributed by atoms with E-state index in [0.29, 0.717) is 25.9 Å². The number of aliphatic hydroxyl groups excluding tert-OH is 2. The van der Waals surface area contributed by atoms with Gasteiger partial charge in [0.05, 0.1) is 16.7 Å². The lowest BCUT2D eigenvalue weighted by atomic mass is 9.85. The Morgan fingerprint density at radius 2 is 2.00 bits per heavy atom. The highest BCUT2D eigenvalue weighted by Gasteiger charge is 2.32. The number of amides is 1. The van der Waals surface area contributed by atoms with Crippen LogP contribution in [0.1, 0.15) is 24.4 Å². The van der Waals surface area contributed by atoms with Gasteiger partial charge in [-0.2, -0.15) is 0 Å². The van der Waals surface area contributed by atoms with E-state index in [9.17, 15) is 19.4 Å². The minimum Gasteiger partial charge on any atom is -0.507 e. The van der Waals surface area contributed by atoms with Crippen molar-refractivity contribution in [3.8, 4) is 5.75 Å². The van der Waals surface area contributed by atoms with Gasteiger partial charge in [0.25, 0.3) is 5.91 Å². The number of benzene rings is 1. The number of likely N-dealkylation sites (tertiary alicyclic amines) is 1. The van der Waals surface area contributed by atoms with Crippen LogP contribution in [0, 0.1) is 11.7 Å². The van der Waals surface area contributed by atoms with Gasteiger partial charge >= 0.3 is 0 Å². The zero-order chi connectivity index (χ0) is 18.0. The summed E-state index contributed by atoms with van der Waals surface area (Å²) in [5, 5.41) is 27.8. The van der Waals surface area contributed by atoms with Crippen molar-refractivity contribution in [1.82, 2.24) is 4.90 Å². The molecule has 0 bridgehead atoms. The Bertz CT molecular complexity index is 624. The number of rotatable bonds is 4. The summed E-state index contributed by atoms with van der Waals surface area (Å²) in [6.07, 6.45) is -0.513. The van der Waals surface area contributed by atoms with Crippen molar-refractivity contribution in [3.05, 3.63) is 27.5 Å². The molecule has 2 rings (SSSR count). The van der Waals surface area contributed by atoms with Gasteiger partial charge in [-0.1, -0.05) is 23.2 Å². The molecule has 9 heteroatoms. The summed E-state index contributed by atoms with van der Waals surface area (Å²) in [4.78, 5) is 13.2. The van der Waals surface area contributed by atoms with Gasteiger partial charge < -0.3 is 26.0 Å². The van der Waals surface area contributed by atoms with Gasteiger partial charge in [0.1, 0.15) is 5.75 Å². The van der Waals surface area contributed by atoms with Crippen molar-refractivity contribution in [2.75, 3.05) is 19.7 Å². The molecule has 5 N–H and O–H groups in total. The number of aromatic hydroxyl groups is 1. The Morgan fingerprint density at radius 3 is 2.54 bits per heavy atom. The summed E-state index contributed by atoms with van der Waals surface area (Å²) in [6, 6.07) is 0.345. The van der Waals surface area contributed by atoms with Gasteiger partial charge in [-0.15, -0.1) is 0 Å². The molecule has 1 aliphatic rings. The lowest BCUT2D eigenvalue weighted by Gasteiger charge is -2.35. The van der Waals surface area contributed by atoms with Crippen molar-refractivity contribution < 1.29 is 24.5 Å². The Hall–Kier alpha value is -1.12. The third-order valence-electron chi connectivity index (χ3n) is 4.33. The number of hydrogen-bond acceptors (Lipinski definition) is 5. The molecule has 1 aromatic rings. The third kappa shape index (κ3) is 3.75. The molecule has 2 atom stereocenters. The quantitative estimate of drug-likeness (QED) is 0.591. The molecule has 134 valence electrons. The fraction of sp³-hybridized carbons (Fsp3) is 0.533. The number of hydrogen-bond donors (Lipinski definition) is 4. The van der Waals surface area contributed by atoms with Gasteiger partial charge in [0.15, 0.2) is 11.9 Å². The number of carbonyl (C=O) groups excluding carboxylic acids is 1. The molecule has 0 radical (unpaired) electrons. The van der Waals surface area contributed by atoms with Gasteiger partial charge in [-0.3, -0.25) is 4.79 Å². The Labute approximate surface area is 148 Å². The normalized spacial score (nSPS) is 18.5. The van der Waals surface area contributed by atoms with Gasteiger partial charge in [0, 0.05) is 30.8 Å². The summed E-state index contributed by atoms with van der Waals surface area (Å²) in [7, 11) is 0. The zero-order valence-corrected chi connectivity index (χ0v) is 14.3. The second kappa shape index (κ2) is 7.84. The molecule has 1 aromatic carbocycles. The number of halogens is 3. The highest BCUT2D eigenvalue weighted by Crippen LogP contribution is 2.40. The summed E-state index contributed by atoms with van der Waals surface area (Å²) in [6.45, 7) is -0.00341. The number of phenols is 1. The predicted molar refractivity (Wildman–Crippen MR) is 87.4 cm³/mol. The van der Waals surface area contributed by atoms with E-state index >= 15 is 0 Å². The van der Waals surface area contributed by atoms with Crippen LogP contribution in [0.4, 0.5) is 4.39 Å². The van der Waals surface area contributed by atoms with E-state index in [2.05, 4.69) is 0 Å². The van der Waals surface area contributed by atoms with Crippen molar-refractivity contribution in [2.24, 2.45) is 11.7 Å². The molecule has 1 unspecified atom stereocenters. The monoisotopic (exact) mass is 380 g/mol. The Balaban J connectivity index is 2.10. The molecule has 0 saturated carbocycles. The van der Waals surface area contributed by atoms with E-state index in [-0.39, 0.29) is 27.3 Å². The summed E-state index contributed by atoms with van der Waals surface area (Å²) >= 11 is 11.5. The SMILES string of the molecule is NC(c1c(O)cc(Cl)c(Cl)c1F)C1CCN(C(=O)[C@H](O)CO)CC1. The van der Waals surface area contributed by atoms with Crippen LogP contribution in [0.25, 0.3) is 0 Å². The first kappa shape index (κ1) is 19.2. The second-order valence-corrected chi connectivity index (χ2v) is 6.59. The minimum absolute atomic E-state index is 0.0930. The predicted octanol–water partition coefficient (Wildman–Crippen LogP) is 1.43. The largest absolute Gasteiger partial charge is 0.507 e. The van der Waals surface area contributed by atoms with Gasteiger partial charge in [0.2, 0.25) is 0 Å². The molecule has 1 fully saturated rings. The molecule has 0 aliphatic carbocycles. The van der Waals surface area contributed by atoms with E-state index in [1.165, 1.54) is 4.90 Å². The standard InChI is InChI=1S/C15H19Cl2FN2O4/c16-8-5-9(22)11(13(18)12(8)17)14(19)7-1-3-20(4-2-7)15(24)10(23)6-21/h5,7,10,14,21-23H,1-4,6,19H2/t10-,14?/m1/s1. The average molecular weight is 381 g/mol. The van der Waals surface area contributed by atoms with Crippen LogP contribution in [0.15, 0.2) is 6.07 Å². The average Bonchev–Trinajstić information content (AvgIpc) is 2.58. The fourth-order valence-electron chi connectivity index (χ4n) is 2.92. The molecule has 0 aromatic heterocycles. The Kier molecular flexibility index (Phi) is 6.28. The number of phenolic OH excluding ortho intramolecular Hbond substituents is 1. The number of nitrogens with zero attached hydrogens (tertiary/aromatic N) is 1. The van der Waals surface area contributed by atoms with Crippen molar-refractivity contribution in [2.45, 2.75) is 25.0 Å². The fourth-order valence-corrected chi connectivity index (χ4v) is 3.26. The minimum atomic E-state index is -1.44. The van der Waals surface area contributed by atoms with Crippen LogP contribution >= 0.6 is 23.2 Å². The molecule has 1 aliphatic heterocycles. The van der Waals surface area contributed by atoms with Crippen LogP contribution in [-0.2, 0) is 4.79 Å². The van der Waals surface area contributed by atoms with Crippen LogP contribution in [0.2, 0.25) is 10.0 Å². The summed E-state index contributed by atoms with van der Waals surface area (Å²) in [5.74, 6) is -1.93. The maximum absolute atomic E-state index is 14.3. The second-order valence-electron chi connectivity index (χ2n) is 5.81. The number of aliphatic hydroxyl groups is 2. The molecule has 1 saturated heterocycles. The highest BCUT2D eigenvalue weighted by atomic mass is 35.5. The van der Waals surface area contributed by atoms with Crippen LogP contribution < -0.4 is 5.73 Å². The number of nitrogens with two attached hydrogens (primary N) is 1. The first-order valence-electron chi connectivity index (χ1n) is 7.47. The lowest BCUT2D eigenvalue weighted by molar-refractivity contribution is -0.143. The van der Waals surface area contributed by atoms with Crippen LogP contribution in [0.5, 0.6) is 5.75 Å². The van der Waals surface area contributed by atoms with E-state index < -0.39 is 30.5 Å². The molecule has 24 heavy (non-hydrogen) atoms. The third-order valence-corrected chi connectivity index (χ3v) is 5.09. The maximum Gasteiger partial charge on any atom is 0.253 e. The van der Waals surface area contributed by atoms with Crippen LogP contribution in [0.3, 0.4) is 0 Å². The van der Waals surface area contributed by atoms with Crippen molar-refractivity contribution in [1.29, 1.82) is 0 Å². The van der Waals surface area contributed by atoms with Crippen molar-refractivity contribution >= 4 is 29.1 Å². The molecule has 6 nitrogen and oxygen atoms in total. The van der Waals surface area contributed by atoms with E-state index in [1.807, 2.05) is 0 Å². The van der Waals surface area contributed by atoms with Gasteiger partial charge in [-0.05, 0) is 18.8 Å². The zero-order valence-electron chi connectivity index (χ0n) is 12.8. The topological polar surface area (TPSA) is 107 Å². The first-order chi connectivity index (χ1) is 11.3. The van der Waals surface area contributed by atoms with Crippen molar-refractivity contribution in [3.63, 3.8) is 0 Å².